The molecule has 3 nitrogen and oxygen atoms in total. The molecule has 0 saturated heterocycles. The second-order valence-electron chi connectivity index (χ2n) is 3.67. The van der Waals surface area contributed by atoms with Gasteiger partial charge in [0.1, 0.15) is 5.78 Å². The van der Waals surface area contributed by atoms with E-state index >= 15 is 0 Å². The van der Waals surface area contributed by atoms with E-state index in [-0.39, 0.29) is 11.7 Å². The third kappa shape index (κ3) is 2.44. The Morgan fingerprint density at radius 1 is 1.57 bits per heavy atom. The highest BCUT2D eigenvalue weighted by Gasteiger charge is 2.38. The fourth-order valence-electron chi connectivity index (χ4n) is 1.91. The van der Waals surface area contributed by atoms with Gasteiger partial charge < -0.3 is 5.11 Å². The van der Waals surface area contributed by atoms with Gasteiger partial charge in [-0.15, -0.1) is 0 Å². The number of carbonyl (C=O) groups is 2. The maximum Gasteiger partial charge on any atom is 0.307 e. The summed E-state index contributed by atoms with van der Waals surface area (Å²) in [5, 5.41) is 8.88. The second-order valence-corrected chi connectivity index (χ2v) is 3.67. The summed E-state index contributed by atoms with van der Waals surface area (Å²) in [6, 6.07) is 0. The van der Waals surface area contributed by atoms with Crippen LogP contribution in [0.1, 0.15) is 32.6 Å². The van der Waals surface area contributed by atoms with Crippen LogP contribution in [0, 0.1) is 11.8 Å². The van der Waals surface area contributed by atoms with Gasteiger partial charge in [-0.05, 0) is 19.3 Å². The van der Waals surface area contributed by atoms with Crippen molar-refractivity contribution >= 4 is 11.8 Å². The van der Waals surface area contributed by atoms with Gasteiger partial charge in [0, 0.05) is 12.3 Å². The predicted octanol–water partition coefficient (Wildman–Crippen LogP) is 2.02. The summed E-state index contributed by atoms with van der Waals surface area (Å²) in [5.41, 5.74) is 0. The smallest absolute Gasteiger partial charge is 0.307 e. The summed E-state index contributed by atoms with van der Waals surface area (Å²) >= 11 is 0. The first-order chi connectivity index (χ1) is 6.66. The Hall–Kier alpha value is -1.12. The molecule has 1 N–H and O–H groups in total. The van der Waals surface area contributed by atoms with Gasteiger partial charge >= 0.3 is 5.97 Å². The summed E-state index contributed by atoms with van der Waals surface area (Å²) < 4.78 is 0. The Kier molecular flexibility index (Phi) is 3.86. The van der Waals surface area contributed by atoms with Crippen molar-refractivity contribution in [3.63, 3.8) is 0 Å². The molecule has 2 atom stereocenters. The van der Waals surface area contributed by atoms with Crippen LogP contribution in [0.25, 0.3) is 0 Å². The van der Waals surface area contributed by atoms with Crippen molar-refractivity contribution in [1.29, 1.82) is 0 Å². The van der Waals surface area contributed by atoms with Gasteiger partial charge in [0.05, 0.1) is 5.92 Å². The molecule has 0 aliphatic heterocycles. The molecule has 0 aromatic rings. The van der Waals surface area contributed by atoms with Crippen LogP contribution in [0.5, 0.6) is 0 Å². The minimum absolute atomic E-state index is 0.109. The van der Waals surface area contributed by atoms with Gasteiger partial charge in [-0.2, -0.15) is 0 Å². The molecule has 1 saturated carbocycles. The van der Waals surface area contributed by atoms with Crippen LogP contribution in [-0.2, 0) is 9.59 Å². The molecule has 0 spiro atoms. The number of Topliss-reactive ketones (excluding diaryl/α,β-unsaturated/α-hetero) is 1. The molecule has 0 bridgehead atoms. The van der Waals surface area contributed by atoms with Crippen molar-refractivity contribution in [1.82, 2.24) is 0 Å². The minimum atomic E-state index is -0.828. The van der Waals surface area contributed by atoms with E-state index < -0.39 is 11.9 Å². The maximum atomic E-state index is 11.4. The Bertz CT molecular complexity index is 255. The number of hydrogen-bond acceptors (Lipinski definition) is 2. The summed E-state index contributed by atoms with van der Waals surface area (Å²) in [4.78, 5) is 22.2. The highest BCUT2D eigenvalue weighted by Crippen LogP contribution is 2.31. The fraction of sp³-hybridized carbons (Fsp3) is 0.636. The number of hydrogen-bond donors (Lipinski definition) is 1. The van der Waals surface area contributed by atoms with Crippen LogP contribution in [-0.4, -0.2) is 16.9 Å². The summed E-state index contributed by atoms with van der Waals surface area (Å²) in [6.07, 6.45) is 6.36. The third-order valence-electron chi connectivity index (χ3n) is 2.71. The highest BCUT2D eigenvalue weighted by atomic mass is 16.4. The lowest BCUT2D eigenvalue weighted by molar-refractivity contribution is -0.144. The van der Waals surface area contributed by atoms with E-state index in [1.807, 2.05) is 19.1 Å². The van der Waals surface area contributed by atoms with Gasteiger partial charge in [0.25, 0.3) is 0 Å². The number of carboxylic acid groups (broad SMARTS) is 1. The van der Waals surface area contributed by atoms with E-state index in [2.05, 4.69) is 0 Å². The van der Waals surface area contributed by atoms with Gasteiger partial charge in [0.2, 0.25) is 0 Å². The fourth-order valence-corrected chi connectivity index (χ4v) is 1.91. The van der Waals surface area contributed by atoms with E-state index in [4.69, 9.17) is 5.11 Å². The Morgan fingerprint density at radius 3 is 2.86 bits per heavy atom. The molecule has 1 fully saturated rings. The zero-order valence-electron chi connectivity index (χ0n) is 8.40. The van der Waals surface area contributed by atoms with Crippen LogP contribution < -0.4 is 0 Å². The minimum Gasteiger partial charge on any atom is -0.481 e. The van der Waals surface area contributed by atoms with Gasteiger partial charge in [0.15, 0.2) is 0 Å². The molecule has 0 amide bonds. The van der Waals surface area contributed by atoms with Crippen molar-refractivity contribution < 1.29 is 14.7 Å². The van der Waals surface area contributed by atoms with E-state index in [0.717, 1.165) is 6.42 Å². The molecule has 0 unspecified atom stereocenters. The zero-order chi connectivity index (χ0) is 10.6. The number of carboxylic acids is 1. The highest BCUT2D eigenvalue weighted by molar-refractivity contribution is 5.89. The normalized spacial score (nSPS) is 27.4. The molecule has 0 heterocycles. The maximum absolute atomic E-state index is 11.4. The largest absolute Gasteiger partial charge is 0.481 e. The number of aliphatic carboxylic acids is 1. The van der Waals surface area contributed by atoms with E-state index in [1.54, 1.807) is 0 Å². The van der Waals surface area contributed by atoms with Crippen LogP contribution in [0.4, 0.5) is 0 Å². The third-order valence-corrected chi connectivity index (χ3v) is 2.71. The molecule has 1 aliphatic rings. The first-order valence-electron chi connectivity index (χ1n) is 5.07. The first-order valence-corrected chi connectivity index (χ1v) is 5.07. The van der Waals surface area contributed by atoms with Crippen molar-refractivity contribution in [2.75, 3.05) is 0 Å². The standard InChI is InChI=1S/C11H16O3/c1-2-3-4-5-8-9(11(13)14)6-7-10(8)12/h3-4,8-9H,2,5-7H2,1H3,(H,13,14)/b4-3-/t8-,9+/m0/s1. The molecule has 1 rings (SSSR count). The van der Waals surface area contributed by atoms with Crippen molar-refractivity contribution in [3.05, 3.63) is 12.2 Å². The molecule has 3 heteroatoms. The quantitative estimate of drug-likeness (QED) is 0.700. The monoisotopic (exact) mass is 196 g/mol. The van der Waals surface area contributed by atoms with E-state index in [1.165, 1.54) is 0 Å². The zero-order valence-corrected chi connectivity index (χ0v) is 8.40. The lowest BCUT2D eigenvalue weighted by Crippen LogP contribution is -2.21. The van der Waals surface area contributed by atoms with Crippen LogP contribution in [0.3, 0.4) is 0 Å². The van der Waals surface area contributed by atoms with Crippen LogP contribution in [0.15, 0.2) is 12.2 Å². The molecule has 0 aromatic heterocycles. The first kappa shape index (κ1) is 11.0. The Morgan fingerprint density at radius 2 is 2.29 bits per heavy atom. The molecular weight excluding hydrogens is 180 g/mol. The summed E-state index contributed by atoms with van der Waals surface area (Å²) in [7, 11) is 0. The lowest BCUT2D eigenvalue weighted by atomic mass is 9.92. The van der Waals surface area contributed by atoms with Crippen molar-refractivity contribution in [2.24, 2.45) is 11.8 Å². The molecule has 0 radical (unpaired) electrons. The lowest BCUT2D eigenvalue weighted by Gasteiger charge is -2.11. The SMILES string of the molecule is CC/C=C\C[C@@H]1C(=O)CC[C@H]1C(=O)O. The van der Waals surface area contributed by atoms with E-state index in [0.29, 0.717) is 19.3 Å². The average molecular weight is 196 g/mol. The number of rotatable bonds is 4. The Labute approximate surface area is 83.8 Å². The molecule has 1 aliphatic carbocycles. The number of allylic oxidation sites excluding steroid dienone is 2. The van der Waals surface area contributed by atoms with Crippen LogP contribution >= 0.6 is 0 Å². The second kappa shape index (κ2) is 4.94. The van der Waals surface area contributed by atoms with Gasteiger partial charge in [-0.3, -0.25) is 9.59 Å². The molecule has 78 valence electrons. The number of carbonyl (C=O) groups excluding carboxylic acids is 1. The van der Waals surface area contributed by atoms with Gasteiger partial charge in [-0.25, -0.2) is 0 Å². The topological polar surface area (TPSA) is 54.4 Å². The molecule has 0 aromatic carbocycles. The van der Waals surface area contributed by atoms with E-state index in [9.17, 15) is 9.59 Å². The summed E-state index contributed by atoms with van der Waals surface area (Å²) in [6.45, 7) is 2.02. The molecular formula is C11H16O3. The molecule has 14 heavy (non-hydrogen) atoms. The van der Waals surface area contributed by atoms with Crippen LogP contribution in [0.2, 0.25) is 0 Å². The Balaban J connectivity index is 2.58. The van der Waals surface area contributed by atoms with Gasteiger partial charge in [-0.1, -0.05) is 19.1 Å². The van der Waals surface area contributed by atoms with Crippen molar-refractivity contribution in [2.45, 2.75) is 32.6 Å². The van der Waals surface area contributed by atoms with Crippen molar-refractivity contribution in [3.8, 4) is 0 Å². The predicted molar refractivity (Wildman–Crippen MR) is 52.9 cm³/mol. The summed E-state index contributed by atoms with van der Waals surface area (Å²) in [5.74, 6) is -1.46. The average Bonchev–Trinajstić information content (AvgIpc) is 2.48. The number of ketones is 1.